The molecule has 2 rings (SSSR count). The van der Waals surface area contributed by atoms with Crippen molar-refractivity contribution < 1.29 is 35.5 Å². The first-order valence-electron chi connectivity index (χ1n) is 7.19. The van der Waals surface area contributed by atoms with Crippen LogP contribution in [-0.4, -0.2) is 38.6 Å². The minimum atomic E-state index is -4.87. The number of alkyl halides is 3. The van der Waals surface area contributed by atoms with Crippen molar-refractivity contribution in [2.45, 2.75) is 17.8 Å². The highest BCUT2D eigenvalue weighted by molar-refractivity contribution is 7.89. The Bertz CT molecular complexity index is 833. The first-order valence-corrected chi connectivity index (χ1v) is 8.63. The van der Waals surface area contributed by atoms with Crippen LogP contribution in [0.3, 0.4) is 0 Å². The number of furan rings is 1. The quantitative estimate of drug-likeness (QED) is 0.780. The molecule has 1 N–H and O–H groups in total. The fourth-order valence-corrected chi connectivity index (χ4v) is 3.06. The van der Waals surface area contributed by atoms with Gasteiger partial charge < -0.3 is 14.5 Å². The number of ether oxygens (including phenoxy) is 1. The summed E-state index contributed by atoms with van der Waals surface area (Å²) in [6, 6.07) is 6.98. The van der Waals surface area contributed by atoms with Gasteiger partial charge in [0.2, 0.25) is 15.9 Å². The van der Waals surface area contributed by atoms with Gasteiger partial charge in [0.05, 0.1) is 24.2 Å². The molecule has 7 nitrogen and oxygen atoms in total. The number of amides is 1. The molecule has 0 atom stereocenters. The van der Waals surface area contributed by atoms with Crippen LogP contribution in [0.5, 0.6) is 5.75 Å². The largest absolute Gasteiger partial charge is 0.573 e. The number of sulfonamides is 1. The molecule has 1 heterocycles. The Morgan fingerprint density at radius 3 is 2.42 bits per heavy atom. The standard InChI is InChI=1S/C15H15F3N2O5S/c1-20(10-14(21)19-9-12-3-2-8-24-12)26(22,23)13-6-4-11(5-7-13)25-15(16,17)18/h2-8H,9-10H2,1H3,(H,19,21). The maximum atomic E-state index is 12.4. The zero-order chi connectivity index (χ0) is 19.4. The van der Waals surface area contributed by atoms with Crippen LogP contribution >= 0.6 is 0 Å². The van der Waals surface area contributed by atoms with Crippen LogP contribution in [0.4, 0.5) is 13.2 Å². The third-order valence-electron chi connectivity index (χ3n) is 3.17. The van der Waals surface area contributed by atoms with Crippen molar-refractivity contribution in [3.8, 4) is 5.75 Å². The van der Waals surface area contributed by atoms with Crippen molar-refractivity contribution in [2.24, 2.45) is 0 Å². The van der Waals surface area contributed by atoms with Crippen LogP contribution in [0.1, 0.15) is 5.76 Å². The molecule has 0 bridgehead atoms. The molecule has 0 saturated carbocycles. The summed E-state index contributed by atoms with van der Waals surface area (Å²) in [6.45, 7) is -0.368. The van der Waals surface area contributed by atoms with Gasteiger partial charge in [-0.05, 0) is 36.4 Å². The van der Waals surface area contributed by atoms with Crippen molar-refractivity contribution in [3.05, 3.63) is 48.4 Å². The molecule has 0 aliphatic rings. The molecule has 0 spiro atoms. The summed E-state index contributed by atoms with van der Waals surface area (Å²) in [6.07, 6.45) is -3.44. The Morgan fingerprint density at radius 2 is 1.88 bits per heavy atom. The number of halogens is 3. The van der Waals surface area contributed by atoms with E-state index in [0.29, 0.717) is 5.76 Å². The fourth-order valence-electron chi connectivity index (χ4n) is 1.94. The maximum absolute atomic E-state index is 12.4. The zero-order valence-corrected chi connectivity index (χ0v) is 14.3. The molecular formula is C15H15F3N2O5S. The number of nitrogens with zero attached hydrogens (tertiary/aromatic N) is 1. The Morgan fingerprint density at radius 1 is 1.23 bits per heavy atom. The number of hydrogen-bond acceptors (Lipinski definition) is 5. The molecule has 142 valence electrons. The Hall–Kier alpha value is -2.53. The topological polar surface area (TPSA) is 88.9 Å². The van der Waals surface area contributed by atoms with Gasteiger partial charge in [-0.25, -0.2) is 8.42 Å². The van der Waals surface area contributed by atoms with Crippen LogP contribution in [0.2, 0.25) is 0 Å². The van der Waals surface area contributed by atoms with E-state index in [1.54, 1.807) is 12.1 Å². The van der Waals surface area contributed by atoms with Crippen molar-refractivity contribution >= 4 is 15.9 Å². The van der Waals surface area contributed by atoms with Gasteiger partial charge in [-0.1, -0.05) is 0 Å². The molecule has 0 saturated heterocycles. The molecule has 2 aromatic rings. The number of hydrogen-bond donors (Lipinski definition) is 1. The van der Waals surface area contributed by atoms with E-state index in [0.717, 1.165) is 28.6 Å². The minimum Gasteiger partial charge on any atom is -0.467 e. The van der Waals surface area contributed by atoms with Gasteiger partial charge in [-0.15, -0.1) is 13.2 Å². The molecule has 1 aromatic carbocycles. The number of nitrogens with one attached hydrogen (secondary N) is 1. The highest BCUT2D eigenvalue weighted by Gasteiger charge is 2.31. The number of rotatable bonds is 7. The monoisotopic (exact) mass is 392 g/mol. The lowest BCUT2D eigenvalue weighted by Gasteiger charge is -2.17. The van der Waals surface area contributed by atoms with E-state index in [9.17, 15) is 26.4 Å². The van der Waals surface area contributed by atoms with Gasteiger partial charge in [-0.3, -0.25) is 4.79 Å². The summed E-state index contributed by atoms with van der Waals surface area (Å²) in [5, 5.41) is 2.49. The minimum absolute atomic E-state index is 0.100. The average Bonchev–Trinajstić information content (AvgIpc) is 3.05. The second-order valence-electron chi connectivity index (χ2n) is 5.14. The molecule has 1 amide bonds. The first-order chi connectivity index (χ1) is 12.1. The molecule has 11 heteroatoms. The van der Waals surface area contributed by atoms with E-state index in [1.165, 1.54) is 13.3 Å². The number of carbonyl (C=O) groups is 1. The van der Waals surface area contributed by atoms with Gasteiger partial charge in [0.1, 0.15) is 11.5 Å². The van der Waals surface area contributed by atoms with E-state index in [2.05, 4.69) is 10.1 Å². The van der Waals surface area contributed by atoms with Gasteiger partial charge in [0.15, 0.2) is 0 Å². The average molecular weight is 392 g/mol. The predicted octanol–water partition coefficient (Wildman–Crippen LogP) is 2.12. The molecule has 26 heavy (non-hydrogen) atoms. The predicted molar refractivity (Wildman–Crippen MR) is 83.5 cm³/mol. The SMILES string of the molecule is CN(CC(=O)NCc1ccco1)S(=O)(=O)c1ccc(OC(F)(F)F)cc1. The maximum Gasteiger partial charge on any atom is 0.573 e. The molecule has 0 unspecified atom stereocenters. The van der Waals surface area contributed by atoms with Gasteiger partial charge in [0, 0.05) is 7.05 Å². The summed E-state index contributed by atoms with van der Waals surface area (Å²) in [7, 11) is -2.87. The molecular weight excluding hydrogens is 377 g/mol. The number of benzene rings is 1. The lowest BCUT2D eigenvalue weighted by molar-refractivity contribution is -0.274. The summed E-state index contributed by atoms with van der Waals surface area (Å²) >= 11 is 0. The Labute approximate surface area is 147 Å². The van der Waals surface area contributed by atoms with Crippen LogP contribution in [-0.2, 0) is 21.4 Å². The number of likely N-dealkylation sites (N-methyl/N-ethyl adjacent to an activating group) is 1. The fraction of sp³-hybridized carbons (Fsp3) is 0.267. The number of carbonyl (C=O) groups excluding carboxylic acids is 1. The molecule has 1 aromatic heterocycles. The second-order valence-corrected chi connectivity index (χ2v) is 7.18. The summed E-state index contributed by atoms with van der Waals surface area (Å²) in [4.78, 5) is 11.6. The van der Waals surface area contributed by atoms with Gasteiger partial charge in [-0.2, -0.15) is 4.31 Å². The smallest absolute Gasteiger partial charge is 0.467 e. The molecule has 0 aliphatic carbocycles. The van der Waals surface area contributed by atoms with Crippen LogP contribution < -0.4 is 10.1 Å². The lowest BCUT2D eigenvalue weighted by atomic mass is 10.3. The van der Waals surface area contributed by atoms with Crippen molar-refractivity contribution in [2.75, 3.05) is 13.6 Å². The van der Waals surface area contributed by atoms with Gasteiger partial charge in [0.25, 0.3) is 0 Å². The van der Waals surface area contributed by atoms with Crippen LogP contribution in [0.25, 0.3) is 0 Å². The third kappa shape index (κ3) is 5.49. The van der Waals surface area contributed by atoms with Crippen molar-refractivity contribution in [1.29, 1.82) is 0 Å². The second kappa shape index (κ2) is 7.79. The molecule has 0 aliphatic heterocycles. The molecule has 0 radical (unpaired) electrons. The van der Waals surface area contributed by atoms with Crippen LogP contribution in [0.15, 0.2) is 52.0 Å². The third-order valence-corrected chi connectivity index (χ3v) is 4.99. The Balaban J connectivity index is 1.98. The highest BCUT2D eigenvalue weighted by Crippen LogP contribution is 2.24. The normalized spacial score (nSPS) is 12.2. The van der Waals surface area contributed by atoms with Crippen LogP contribution in [0, 0.1) is 0 Å². The Kier molecular flexibility index (Phi) is 5.93. The van der Waals surface area contributed by atoms with E-state index in [-0.39, 0.29) is 11.4 Å². The van der Waals surface area contributed by atoms with E-state index in [1.807, 2.05) is 0 Å². The molecule has 0 fully saturated rings. The van der Waals surface area contributed by atoms with Crippen molar-refractivity contribution in [3.63, 3.8) is 0 Å². The van der Waals surface area contributed by atoms with E-state index in [4.69, 9.17) is 4.42 Å². The summed E-state index contributed by atoms with van der Waals surface area (Å²) in [5.74, 6) is -0.607. The first kappa shape index (κ1) is 19.8. The summed E-state index contributed by atoms with van der Waals surface area (Å²) in [5.41, 5.74) is 0. The highest BCUT2D eigenvalue weighted by atomic mass is 32.2. The van der Waals surface area contributed by atoms with E-state index >= 15 is 0 Å². The van der Waals surface area contributed by atoms with Crippen molar-refractivity contribution in [1.82, 2.24) is 9.62 Å². The van der Waals surface area contributed by atoms with E-state index < -0.39 is 34.6 Å². The lowest BCUT2D eigenvalue weighted by Crippen LogP contribution is -2.38. The zero-order valence-electron chi connectivity index (χ0n) is 13.5. The van der Waals surface area contributed by atoms with Gasteiger partial charge >= 0.3 is 6.36 Å². The summed E-state index contributed by atoms with van der Waals surface area (Å²) < 4.78 is 70.6.